The van der Waals surface area contributed by atoms with Gasteiger partial charge in [0.05, 0.1) is 6.61 Å². The molecule has 8 nitrogen and oxygen atoms in total. The van der Waals surface area contributed by atoms with Crippen LogP contribution in [0.4, 0.5) is 4.79 Å². The van der Waals surface area contributed by atoms with Gasteiger partial charge in [-0.25, -0.2) is 4.79 Å². The van der Waals surface area contributed by atoms with E-state index in [9.17, 15) is 9.59 Å². The summed E-state index contributed by atoms with van der Waals surface area (Å²) >= 11 is 0. The van der Waals surface area contributed by atoms with Crippen molar-refractivity contribution in [3.8, 4) is 0 Å². The first-order valence-electron chi connectivity index (χ1n) is 11.6. The summed E-state index contributed by atoms with van der Waals surface area (Å²) in [6, 6.07) is 0.404. The molecule has 1 atom stereocenters. The number of carbonyl (C=O) groups excluding carboxylic acids is 2. The van der Waals surface area contributed by atoms with Crippen molar-refractivity contribution in [1.29, 1.82) is 0 Å². The van der Waals surface area contributed by atoms with Gasteiger partial charge in [-0.3, -0.25) is 14.4 Å². The Hall–Kier alpha value is -2.09. The van der Waals surface area contributed by atoms with Gasteiger partial charge < -0.3 is 14.5 Å². The highest BCUT2D eigenvalue weighted by molar-refractivity contribution is 5.94. The van der Waals surface area contributed by atoms with Crippen LogP contribution in [0.3, 0.4) is 0 Å². The topological polar surface area (TPSA) is 70.9 Å². The minimum Gasteiger partial charge on any atom is -0.450 e. The first kappa shape index (κ1) is 21.2. The molecule has 0 spiro atoms. The number of carbonyl (C=O) groups is 2. The fourth-order valence-corrected chi connectivity index (χ4v) is 5.16. The third kappa shape index (κ3) is 4.33. The van der Waals surface area contributed by atoms with Crippen molar-refractivity contribution in [2.45, 2.75) is 57.9 Å². The third-order valence-electron chi connectivity index (χ3n) is 6.88. The minimum absolute atomic E-state index is 0.113. The number of aromatic nitrogens is 2. The fourth-order valence-electron chi connectivity index (χ4n) is 5.16. The van der Waals surface area contributed by atoms with Crippen molar-refractivity contribution in [1.82, 2.24) is 24.5 Å². The van der Waals surface area contributed by atoms with Crippen molar-refractivity contribution in [3.63, 3.8) is 0 Å². The molecule has 0 radical (unpaired) electrons. The normalized spacial score (nSPS) is 23.1. The Morgan fingerprint density at radius 1 is 1.00 bits per heavy atom. The largest absolute Gasteiger partial charge is 0.450 e. The van der Waals surface area contributed by atoms with Crippen LogP contribution in [0.5, 0.6) is 0 Å². The molecule has 2 aliphatic heterocycles. The summed E-state index contributed by atoms with van der Waals surface area (Å²) in [5.41, 5.74) is 3.04. The van der Waals surface area contributed by atoms with Gasteiger partial charge in [0.1, 0.15) is 0 Å². The maximum absolute atomic E-state index is 13.3. The molecule has 3 aliphatic rings. The minimum atomic E-state index is -0.208. The predicted octanol–water partition coefficient (Wildman–Crippen LogP) is 2.07. The zero-order valence-corrected chi connectivity index (χ0v) is 18.4. The molecule has 2 saturated heterocycles. The number of amides is 2. The number of hydrogen-bond acceptors (Lipinski definition) is 5. The number of nitrogens with zero attached hydrogens (tertiary/aromatic N) is 5. The molecule has 2 amide bonds. The van der Waals surface area contributed by atoms with Crippen LogP contribution in [0.15, 0.2) is 0 Å². The van der Waals surface area contributed by atoms with Gasteiger partial charge in [-0.15, -0.1) is 0 Å². The van der Waals surface area contributed by atoms with Crippen LogP contribution in [0, 0.1) is 0 Å². The number of likely N-dealkylation sites (tertiary alicyclic amines) is 1. The Bertz CT molecular complexity index is 761. The maximum Gasteiger partial charge on any atom is 0.409 e. The first-order valence-corrected chi connectivity index (χ1v) is 11.6. The second-order valence-electron chi connectivity index (χ2n) is 8.72. The summed E-state index contributed by atoms with van der Waals surface area (Å²) < 4.78 is 7.06. The fraction of sp³-hybridized carbons (Fsp3) is 0.773. The van der Waals surface area contributed by atoms with E-state index in [1.807, 2.05) is 23.6 Å². The van der Waals surface area contributed by atoms with Crippen molar-refractivity contribution < 1.29 is 14.3 Å². The lowest BCUT2D eigenvalue weighted by molar-refractivity contribution is 0.0627. The smallest absolute Gasteiger partial charge is 0.409 e. The molecule has 1 unspecified atom stereocenters. The molecule has 1 aromatic rings. The van der Waals surface area contributed by atoms with Gasteiger partial charge in [-0.05, 0) is 39.0 Å². The van der Waals surface area contributed by atoms with E-state index < -0.39 is 0 Å². The molecule has 8 heteroatoms. The molecular weight excluding hydrogens is 382 g/mol. The Balaban J connectivity index is 1.43. The van der Waals surface area contributed by atoms with Crippen molar-refractivity contribution >= 4 is 12.0 Å². The molecule has 166 valence electrons. The molecule has 0 aromatic carbocycles. The Kier molecular flexibility index (Phi) is 6.61. The summed E-state index contributed by atoms with van der Waals surface area (Å²) in [6.45, 7) is 7.07. The third-order valence-corrected chi connectivity index (χ3v) is 6.88. The lowest BCUT2D eigenvalue weighted by atomic mass is 9.89. The lowest BCUT2D eigenvalue weighted by Crippen LogP contribution is -2.53. The number of rotatable bonds is 3. The molecule has 1 aliphatic carbocycles. The highest BCUT2D eigenvalue weighted by atomic mass is 16.6. The molecule has 0 bridgehead atoms. The van der Waals surface area contributed by atoms with E-state index >= 15 is 0 Å². The van der Waals surface area contributed by atoms with Gasteiger partial charge in [0, 0.05) is 63.6 Å². The second kappa shape index (κ2) is 9.37. The van der Waals surface area contributed by atoms with Crippen LogP contribution < -0.4 is 0 Å². The van der Waals surface area contributed by atoms with Gasteiger partial charge in [0.15, 0.2) is 5.69 Å². The second-order valence-corrected chi connectivity index (χ2v) is 8.72. The Morgan fingerprint density at radius 3 is 2.37 bits per heavy atom. The van der Waals surface area contributed by atoms with Crippen LogP contribution >= 0.6 is 0 Å². The number of fused-ring (bicyclic) bond motifs is 1. The average molecular weight is 418 g/mol. The number of ether oxygens (including phenoxy) is 1. The first-order chi connectivity index (χ1) is 14.6. The van der Waals surface area contributed by atoms with E-state index in [2.05, 4.69) is 10.00 Å². The van der Waals surface area contributed by atoms with Crippen LogP contribution in [0.25, 0.3) is 0 Å². The van der Waals surface area contributed by atoms with Crippen molar-refractivity contribution in [2.24, 2.45) is 7.05 Å². The molecule has 30 heavy (non-hydrogen) atoms. The van der Waals surface area contributed by atoms with E-state index in [-0.39, 0.29) is 12.0 Å². The summed E-state index contributed by atoms with van der Waals surface area (Å²) in [5, 5.41) is 4.67. The van der Waals surface area contributed by atoms with Gasteiger partial charge in [0.2, 0.25) is 0 Å². The summed E-state index contributed by atoms with van der Waals surface area (Å²) in [5.74, 6) is 0.113. The SMILES string of the molecule is CCOC(=O)N1CCN(C2CCc3c(c(C(=O)N4CCCCCC4)nn3C)C2)CC1. The number of aryl methyl sites for hydroxylation is 1. The lowest BCUT2D eigenvalue weighted by Gasteiger charge is -2.40. The molecular formula is C22H35N5O3. The van der Waals surface area contributed by atoms with Crippen molar-refractivity contribution in [3.05, 3.63) is 17.0 Å². The van der Waals surface area contributed by atoms with Crippen LogP contribution in [-0.4, -0.2) is 88.4 Å². The van der Waals surface area contributed by atoms with E-state index in [0.29, 0.717) is 31.4 Å². The summed E-state index contributed by atoms with van der Waals surface area (Å²) in [6.07, 6.45) is 7.30. The Labute approximate surface area is 179 Å². The number of piperazine rings is 1. The van der Waals surface area contributed by atoms with Crippen LogP contribution in [0.2, 0.25) is 0 Å². The quantitative estimate of drug-likeness (QED) is 0.753. The van der Waals surface area contributed by atoms with E-state index in [4.69, 9.17) is 4.74 Å². The monoisotopic (exact) mass is 417 g/mol. The standard InChI is InChI=1S/C22H35N5O3/c1-3-30-22(29)27-14-12-25(13-15-27)17-8-9-19-18(16-17)20(23-24(19)2)21(28)26-10-6-4-5-7-11-26/h17H,3-16H2,1-2H3. The Morgan fingerprint density at radius 2 is 1.70 bits per heavy atom. The van der Waals surface area contributed by atoms with Crippen LogP contribution in [-0.2, 0) is 24.6 Å². The van der Waals surface area contributed by atoms with Gasteiger partial charge in [-0.1, -0.05) is 12.8 Å². The van der Waals surface area contributed by atoms with E-state index in [1.165, 1.54) is 18.5 Å². The molecule has 1 aromatic heterocycles. The molecule has 3 heterocycles. The molecule has 2 fully saturated rings. The van der Waals surface area contributed by atoms with Crippen LogP contribution in [0.1, 0.15) is 60.8 Å². The predicted molar refractivity (Wildman–Crippen MR) is 114 cm³/mol. The molecule has 0 saturated carbocycles. The van der Waals surface area contributed by atoms with Gasteiger partial charge in [0.25, 0.3) is 5.91 Å². The molecule has 4 rings (SSSR count). The number of hydrogen-bond donors (Lipinski definition) is 0. The van der Waals surface area contributed by atoms with E-state index in [1.54, 1.807) is 4.90 Å². The highest BCUT2D eigenvalue weighted by Crippen LogP contribution is 2.29. The highest BCUT2D eigenvalue weighted by Gasteiger charge is 2.34. The zero-order valence-electron chi connectivity index (χ0n) is 18.4. The van der Waals surface area contributed by atoms with E-state index in [0.717, 1.165) is 63.8 Å². The molecule has 0 N–H and O–H groups in total. The van der Waals surface area contributed by atoms with Gasteiger partial charge in [-0.2, -0.15) is 5.10 Å². The summed E-state index contributed by atoms with van der Waals surface area (Å²) in [7, 11) is 1.97. The van der Waals surface area contributed by atoms with Crippen molar-refractivity contribution in [2.75, 3.05) is 45.9 Å². The van der Waals surface area contributed by atoms with Gasteiger partial charge >= 0.3 is 6.09 Å². The summed E-state index contributed by atoms with van der Waals surface area (Å²) in [4.78, 5) is 31.5. The maximum atomic E-state index is 13.3. The zero-order chi connectivity index (χ0) is 21.1. The average Bonchev–Trinajstić information content (AvgIpc) is 2.94.